The Morgan fingerprint density at radius 2 is 1.77 bits per heavy atom. The van der Waals surface area contributed by atoms with Crippen molar-refractivity contribution in [3.05, 3.63) is 21.7 Å². The Kier molecular flexibility index (Phi) is 3.20. The Morgan fingerprint density at radius 3 is 2.23 bits per heavy atom. The number of benzene rings is 1. The Morgan fingerprint density at radius 1 is 1.15 bits per heavy atom. The third-order valence-corrected chi connectivity index (χ3v) is 3.23. The second kappa shape index (κ2) is 4.01. The molecular weight excluding hydrogens is 232 g/mol. The van der Waals surface area contributed by atoms with Crippen LogP contribution in [-0.2, 0) is 0 Å². The summed E-state index contributed by atoms with van der Waals surface area (Å²) in [4.78, 5) is 0. The normalized spacial score (nSPS) is 9.92. The Hall–Kier alpha value is -0.700. The van der Waals surface area contributed by atoms with Crippen LogP contribution in [0.25, 0.3) is 0 Å². The maximum Gasteiger partial charge on any atom is 0.164 e. The molecule has 0 unspecified atom stereocenters. The molecule has 0 aliphatic heterocycles. The van der Waals surface area contributed by atoms with Gasteiger partial charge in [-0.15, -0.1) is 0 Å². The molecule has 0 aliphatic rings. The van der Waals surface area contributed by atoms with Crippen molar-refractivity contribution in [2.24, 2.45) is 0 Å². The van der Waals surface area contributed by atoms with Crippen molar-refractivity contribution in [3.63, 3.8) is 0 Å². The van der Waals surface area contributed by atoms with E-state index in [2.05, 4.69) is 15.9 Å². The Balaban J connectivity index is 3.39. The van der Waals surface area contributed by atoms with Gasteiger partial charge in [-0.3, -0.25) is 0 Å². The standard InChI is InChI=1S/C10H13BrO2/c1-6-5-8(12-3)10(13-4)7(2)9(6)11/h5H,1-4H3. The van der Waals surface area contributed by atoms with Gasteiger partial charge in [0.15, 0.2) is 11.5 Å². The van der Waals surface area contributed by atoms with Crippen molar-refractivity contribution in [2.45, 2.75) is 13.8 Å². The van der Waals surface area contributed by atoms with Gasteiger partial charge in [-0.05, 0) is 25.5 Å². The molecule has 1 aromatic rings. The number of ether oxygens (including phenoxy) is 2. The van der Waals surface area contributed by atoms with Crippen molar-refractivity contribution in [1.29, 1.82) is 0 Å². The van der Waals surface area contributed by atoms with E-state index in [4.69, 9.17) is 9.47 Å². The first kappa shape index (κ1) is 10.4. The van der Waals surface area contributed by atoms with Gasteiger partial charge in [0.05, 0.1) is 14.2 Å². The molecule has 0 saturated carbocycles. The third-order valence-electron chi connectivity index (χ3n) is 2.01. The van der Waals surface area contributed by atoms with Gasteiger partial charge < -0.3 is 9.47 Å². The van der Waals surface area contributed by atoms with Gasteiger partial charge >= 0.3 is 0 Å². The number of aryl methyl sites for hydroxylation is 1. The molecule has 2 nitrogen and oxygen atoms in total. The second-order valence-electron chi connectivity index (χ2n) is 2.87. The van der Waals surface area contributed by atoms with Gasteiger partial charge in [0.2, 0.25) is 0 Å². The Bertz CT molecular complexity index is 321. The zero-order valence-electron chi connectivity index (χ0n) is 8.27. The lowest BCUT2D eigenvalue weighted by molar-refractivity contribution is 0.352. The van der Waals surface area contributed by atoms with Gasteiger partial charge in [0.25, 0.3) is 0 Å². The predicted molar refractivity (Wildman–Crippen MR) is 56.7 cm³/mol. The van der Waals surface area contributed by atoms with Gasteiger partial charge in [-0.25, -0.2) is 0 Å². The third kappa shape index (κ3) is 1.80. The van der Waals surface area contributed by atoms with E-state index in [1.165, 1.54) is 0 Å². The van der Waals surface area contributed by atoms with Crippen LogP contribution in [0.1, 0.15) is 11.1 Å². The molecule has 0 fully saturated rings. The highest BCUT2D eigenvalue weighted by Crippen LogP contribution is 2.37. The van der Waals surface area contributed by atoms with E-state index in [0.717, 1.165) is 27.1 Å². The van der Waals surface area contributed by atoms with Crippen LogP contribution in [0.4, 0.5) is 0 Å². The van der Waals surface area contributed by atoms with Crippen molar-refractivity contribution in [3.8, 4) is 11.5 Å². The number of methoxy groups -OCH3 is 2. The summed E-state index contributed by atoms with van der Waals surface area (Å²) in [6.45, 7) is 4.03. The number of hydrogen-bond acceptors (Lipinski definition) is 2. The van der Waals surface area contributed by atoms with Crippen LogP contribution >= 0.6 is 15.9 Å². The fraction of sp³-hybridized carbons (Fsp3) is 0.400. The highest BCUT2D eigenvalue weighted by molar-refractivity contribution is 9.10. The molecule has 72 valence electrons. The molecule has 0 radical (unpaired) electrons. The zero-order chi connectivity index (χ0) is 10.0. The van der Waals surface area contributed by atoms with Crippen molar-refractivity contribution < 1.29 is 9.47 Å². The minimum absolute atomic E-state index is 0.778. The van der Waals surface area contributed by atoms with E-state index >= 15 is 0 Å². The zero-order valence-corrected chi connectivity index (χ0v) is 9.86. The molecule has 0 spiro atoms. The van der Waals surface area contributed by atoms with Crippen LogP contribution in [0.15, 0.2) is 10.5 Å². The number of rotatable bonds is 2. The van der Waals surface area contributed by atoms with Gasteiger partial charge in [0, 0.05) is 10.0 Å². The topological polar surface area (TPSA) is 18.5 Å². The first-order chi connectivity index (χ1) is 6.11. The SMILES string of the molecule is COc1cc(C)c(Br)c(C)c1OC. The van der Waals surface area contributed by atoms with Crippen LogP contribution in [0.5, 0.6) is 11.5 Å². The van der Waals surface area contributed by atoms with E-state index in [-0.39, 0.29) is 0 Å². The summed E-state index contributed by atoms with van der Waals surface area (Å²) in [6, 6.07) is 1.95. The van der Waals surface area contributed by atoms with Gasteiger partial charge in [-0.1, -0.05) is 15.9 Å². The summed E-state index contributed by atoms with van der Waals surface area (Å²) in [7, 11) is 3.29. The summed E-state index contributed by atoms with van der Waals surface area (Å²) in [6.07, 6.45) is 0. The van der Waals surface area contributed by atoms with Crippen molar-refractivity contribution >= 4 is 15.9 Å². The molecular formula is C10H13BrO2. The van der Waals surface area contributed by atoms with Crippen LogP contribution in [-0.4, -0.2) is 14.2 Å². The molecule has 0 atom stereocenters. The fourth-order valence-electron chi connectivity index (χ4n) is 1.31. The van der Waals surface area contributed by atoms with E-state index < -0.39 is 0 Å². The van der Waals surface area contributed by atoms with Gasteiger partial charge in [0.1, 0.15) is 0 Å². The van der Waals surface area contributed by atoms with E-state index in [1.807, 2.05) is 19.9 Å². The lowest BCUT2D eigenvalue weighted by Gasteiger charge is -2.13. The largest absolute Gasteiger partial charge is 0.493 e. The molecule has 0 aromatic heterocycles. The predicted octanol–water partition coefficient (Wildman–Crippen LogP) is 3.08. The Labute approximate surface area is 87.0 Å². The minimum atomic E-state index is 0.778. The van der Waals surface area contributed by atoms with Crippen LogP contribution in [0.2, 0.25) is 0 Å². The summed E-state index contributed by atoms with van der Waals surface area (Å²) < 4.78 is 11.5. The average Bonchev–Trinajstić information content (AvgIpc) is 2.13. The smallest absolute Gasteiger partial charge is 0.164 e. The second-order valence-corrected chi connectivity index (χ2v) is 3.66. The maximum absolute atomic E-state index is 5.25. The van der Waals surface area contributed by atoms with Crippen LogP contribution in [0, 0.1) is 13.8 Å². The highest BCUT2D eigenvalue weighted by Gasteiger charge is 2.11. The summed E-state index contributed by atoms with van der Waals surface area (Å²) in [5, 5.41) is 0. The monoisotopic (exact) mass is 244 g/mol. The molecule has 0 heterocycles. The maximum atomic E-state index is 5.25. The summed E-state index contributed by atoms with van der Waals surface area (Å²) in [5.41, 5.74) is 2.22. The molecule has 0 aliphatic carbocycles. The molecule has 0 amide bonds. The molecule has 0 saturated heterocycles. The van der Waals surface area contributed by atoms with Crippen molar-refractivity contribution in [2.75, 3.05) is 14.2 Å². The highest BCUT2D eigenvalue weighted by atomic mass is 79.9. The first-order valence-corrected chi connectivity index (χ1v) is 4.78. The summed E-state index contributed by atoms with van der Waals surface area (Å²) in [5.74, 6) is 1.57. The van der Waals surface area contributed by atoms with E-state index in [0.29, 0.717) is 0 Å². The van der Waals surface area contributed by atoms with Gasteiger partial charge in [-0.2, -0.15) is 0 Å². The first-order valence-electron chi connectivity index (χ1n) is 3.99. The molecule has 0 bridgehead atoms. The molecule has 13 heavy (non-hydrogen) atoms. The van der Waals surface area contributed by atoms with E-state index in [1.54, 1.807) is 14.2 Å². The van der Waals surface area contributed by atoms with Crippen LogP contribution in [0.3, 0.4) is 0 Å². The fourth-order valence-corrected chi connectivity index (χ4v) is 1.61. The van der Waals surface area contributed by atoms with Crippen molar-refractivity contribution in [1.82, 2.24) is 0 Å². The minimum Gasteiger partial charge on any atom is -0.493 e. The van der Waals surface area contributed by atoms with Crippen LogP contribution < -0.4 is 9.47 Å². The number of hydrogen-bond donors (Lipinski definition) is 0. The number of halogens is 1. The molecule has 3 heteroatoms. The van der Waals surface area contributed by atoms with E-state index in [9.17, 15) is 0 Å². The quantitative estimate of drug-likeness (QED) is 0.797. The molecule has 1 rings (SSSR count). The lowest BCUT2D eigenvalue weighted by atomic mass is 10.1. The average molecular weight is 245 g/mol. The molecule has 0 N–H and O–H groups in total. The lowest BCUT2D eigenvalue weighted by Crippen LogP contribution is -1.95. The summed E-state index contributed by atoms with van der Waals surface area (Å²) >= 11 is 3.50. The molecule has 1 aromatic carbocycles.